The Morgan fingerprint density at radius 2 is 1.81 bits per heavy atom. The van der Waals surface area contributed by atoms with Crippen LogP contribution in [-0.4, -0.2) is 27.9 Å². The van der Waals surface area contributed by atoms with Crippen LogP contribution in [0.25, 0.3) is 0 Å². The van der Waals surface area contributed by atoms with Gasteiger partial charge >= 0.3 is 6.18 Å². The summed E-state index contributed by atoms with van der Waals surface area (Å²) in [4.78, 5) is 11.2. The topological polar surface area (TPSA) is 75.3 Å². The molecule has 0 saturated heterocycles. The fourth-order valence-corrected chi connectivity index (χ4v) is 3.09. The Hall–Kier alpha value is -2.83. The lowest BCUT2D eigenvalue weighted by Crippen LogP contribution is -2.24. The van der Waals surface area contributed by atoms with Crippen molar-refractivity contribution in [2.45, 2.75) is 11.1 Å². The predicted octanol–water partition coefficient (Wildman–Crippen LogP) is 2.40. The van der Waals surface area contributed by atoms with Gasteiger partial charge in [-0.2, -0.15) is 17.9 Å². The lowest BCUT2D eigenvalue weighted by molar-refractivity contribution is -0.137. The first kappa shape index (κ1) is 20.5. The summed E-state index contributed by atoms with van der Waals surface area (Å²) < 4.78 is 64.5. The van der Waals surface area contributed by atoms with E-state index in [0.29, 0.717) is 17.2 Å². The molecule has 27 heavy (non-hydrogen) atoms. The van der Waals surface area contributed by atoms with Gasteiger partial charge in [-0.25, -0.2) is 8.42 Å². The molecule has 0 fully saturated rings. The lowest BCUT2D eigenvalue weighted by Gasteiger charge is -2.09. The molecule has 0 saturated carbocycles. The number of carbonyl (C=O) groups excluding carboxylic acids is 1. The zero-order valence-electron chi connectivity index (χ0n) is 14.1. The molecule has 9 heteroatoms. The molecule has 2 N–H and O–H groups in total. The molecule has 0 heterocycles. The van der Waals surface area contributed by atoms with Crippen LogP contribution < -0.4 is 10.0 Å². The standard InChI is InChI=1S/C18H15F3N2O3S/c1-22-17(24)16-10-3-2-6-13(16)7-5-11-23-27(25,26)15-9-4-8-14(12-15)18(19,20)21/h2-4,6,8-10,12,23H,11H2,1H3,(H,22,24). The molecule has 0 radical (unpaired) electrons. The Bertz CT molecular complexity index is 1010. The number of benzene rings is 2. The van der Waals surface area contributed by atoms with Crippen LogP contribution >= 0.6 is 0 Å². The molecule has 0 atom stereocenters. The van der Waals surface area contributed by atoms with Gasteiger partial charge in [0.05, 0.1) is 22.6 Å². The minimum Gasteiger partial charge on any atom is -0.355 e. The van der Waals surface area contributed by atoms with E-state index in [-0.39, 0.29) is 12.5 Å². The molecule has 0 aromatic heterocycles. The van der Waals surface area contributed by atoms with Crippen LogP contribution in [0.2, 0.25) is 0 Å². The molecular weight excluding hydrogens is 381 g/mol. The van der Waals surface area contributed by atoms with Crippen LogP contribution in [0.1, 0.15) is 21.5 Å². The average molecular weight is 396 g/mol. The molecule has 0 bridgehead atoms. The molecule has 2 aromatic rings. The van der Waals surface area contributed by atoms with Gasteiger partial charge in [0.2, 0.25) is 10.0 Å². The maximum absolute atomic E-state index is 12.7. The Morgan fingerprint density at radius 1 is 1.11 bits per heavy atom. The van der Waals surface area contributed by atoms with Gasteiger partial charge in [-0.1, -0.05) is 30.0 Å². The van der Waals surface area contributed by atoms with Crippen LogP contribution in [-0.2, 0) is 16.2 Å². The van der Waals surface area contributed by atoms with Crippen molar-refractivity contribution in [3.8, 4) is 11.8 Å². The van der Waals surface area contributed by atoms with Crippen LogP contribution in [0.15, 0.2) is 53.4 Å². The van der Waals surface area contributed by atoms with Gasteiger partial charge in [0, 0.05) is 12.6 Å². The summed E-state index contributed by atoms with van der Waals surface area (Å²) in [5.41, 5.74) is -0.334. The van der Waals surface area contributed by atoms with Crippen molar-refractivity contribution in [3.05, 3.63) is 65.2 Å². The highest BCUT2D eigenvalue weighted by atomic mass is 32.2. The molecule has 142 valence electrons. The molecule has 0 spiro atoms. The van der Waals surface area contributed by atoms with E-state index in [4.69, 9.17) is 0 Å². The molecule has 2 aromatic carbocycles. The number of halogens is 3. The maximum atomic E-state index is 12.7. The third-order valence-corrected chi connectivity index (χ3v) is 4.84. The highest BCUT2D eigenvalue weighted by molar-refractivity contribution is 7.89. The Morgan fingerprint density at radius 3 is 2.48 bits per heavy atom. The van der Waals surface area contributed by atoms with E-state index in [1.807, 2.05) is 0 Å². The highest BCUT2D eigenvalue weighted by Gasteiger charge is 2.31. The second-order valence-electron chi connectivity index (χ2n) is 5.28. The summed E-state index contributed by atoms with van der Waals surface area (Å²) in [6, 6.07) is 9.91. The molecule has 0 aliphatic heterocycles. The van der Waals surface area contributed by atoms with E-state index >= 15 is 0 Å². The number of hydrogen-bond acceptors (Lipinski definition) is 3. The first-order valence-electron chi connectivity index (χ1n) is 7.62. The van der Waals surface area contributed by atoms with Crippen molar-refractivity contribution in [3.63, 3.8) is 0 Å². The van der Waals surface area contributed by atoms with E-state index in [9.17, 15) is 26.4 Å². The zero-order chi connectivity index (χ0) is 20.1. The third kappa shape index (κ3) is 5.32. The van der Waals surface area contributed by atoms with Crippen molar-refractivity contribution >= 4 is 15.9 Å². The number of amides is 1. The van der Waals surface area contributed by atoms with E-state index in [0.717, 1.165) is 18.2 Å². The van der Waals surface area contributed by atoms with E-state index in [1.165, 1.54) is 7.05 Å². The van der Waals surface area contributed by atoms with Gasteiger partial charge in [0.25, 0.3) is 5.91 Å². The first-order valence-corrected chi connectivity index (χ1v) is 9.10. The lowest BCUT2D eigenvalue weighted by atomic mass is 10.1. The van der Waals surface area contributed by atoms with Crippen LogP contribution in [0.3, 0.4) is 0 Å². The van der Waals surface area contributed by atoms with E-state index in [2.05, 4.69) is 21.9 Å². The molecule has 0 unspecified atom stereocenters. The Kier molecular flexibility index (Phi) is 6.25. The first-order chi connectivity index (χ1) is 12.6. The molecule has 5 nitrogen and oxygen atoms in total. The number of sulfonamides is 1. The predicted molar refractivity (Wildman–Crippen MR) is 93.3 cm³/mol. The summed E-state index contributed by atoms with van der Waals surface area (Å²) in [6.07, 6.45) is -4.64. The third-order valence-electron chi connectivity index (χ3n) is 3.44. The fraction of sp³-hybridized carbons (Fsp3) is 0.167. The second-order valence-corrected chi connectivity index (χ2v) is 7.04. The summed E-state index contributed by atoms with van der Waals surface area (Å²) in [6.45, 7) is -0.333. The Labute approximate surface area is 154 Å². The van der Waals surface area contributed by atoms with Crippen molar-refractivity contribution < 1.29 is 26.4 Å². The summed E-state index contributed by atoms with van der Waals surface area (Å²) in [5, 5.41) is 2.47. The number of alkyl halides is 3. The van der Waals surface area contributed by atoms with Gasteiger partial charge in [-0.15, -0.1) is 0 Å². The monoisotopic (exact) mass is 396 g/mol. The summed E-state index contributed by atoms with van der Waals surface area (Å²) >= 11 is 0. The number of rotatable bonds is 4. The normalized spacial score (nSPS) is 11.4. The van der Waals surface area contributed by atoms with Crippen molar-refractivity contribution in [2.75, 3.05) is 13.6 Å². The van der Waals surface area contributed by atoms with Gasteiger partial charge in [0.15, 0.2) is 0 Å². The van der Waals surface area contributed by atoms with Crippen molar-refractivity contribution in [1.82, 2.24) is 10.0 Å². The average Bonchev–Trinajstić information content (AvgIpc) is 2.64. The minimum atomic E-state index is -4.64. The maximum Gasteiger partial charge on any atom is 0.416 e. The van der Waals surface area contributed by atoms with E-state index in [1.54, 1.807) is 24.3 Å². The van der Waals surface area contributed by atoms with Crippen LogP contribution in [0.5, 0.6) is 0 Å². The largest absolute Gasteiger partial charge is 0.416 e. The molecular formula is C18H15F3N2O3S. The smallest absolute Gasteiger partial charge is 0.355 e. The highest BCUT2D eigenvalue weighted by Crippen LogP contribution is 2.30. The van der Waals surface area contributed by atoms with Gasteiger partial charge in [0.1, 0.15) is 0 Å². The zero-order valence-corrected chi connectivity index (χ0v) is 14.9. The van der Waals surface area contributed by atoms with Crippen LogP contribution in [0, 0.1) is 11.8 Å². The molecule has 1 amide bonds. The SMILES string of the molecule is CNC(=O)c1ccccc1C#CCNS(=O)(=O)c1cccc(C(F)(F)F)c1. The Balaban J connectivity index is 2.15. The van der Waals surface area contributed by atoms with Crippen molar-refractivity contribution in [2.24, 2.45) is 0 Å². The van der Waals surface area contributed by atoms with Crippen molar-refractivity contribution in [1.29, 1.82) is 0 Å². The van der Waals surface area contributed by atoms with Crippen LogP contribution in [0.4, 0.5) is 13.2 Å². The summed E-state index contributed by atoms with van der Waals surface area (Å²) in [5.74, 6) is 4.88. The molecule has 2 rings (SSSR count). The second kappa shape index (κ2) is 8.24. The quantitative estimate of drug-likeness (QED) is 0.780. The number of nitrogens with one attached hydrogen (secondary N) is 2. The minimum absolute atomic E-state index is 0.327. The van der Waals surface area contributed by atoms with Gasteiger partial charge < -0.3 is 5.32 Å². The number of carbonyl (C=O) groups is 1. The molecule has 0 aliphatic carbocycles. The number of hydrogen-bond donors (Lipinski definition) is 2. The molecule has 0 aliphatic rings. The van der Waals surface area contributed by atoms with Gasteiger partial charge in [-0.05, 0) is 30.3 Å². The van der Waals surface area contributed by atoms with Gasteiger partial charge in [-0.3, -0.25) is 4.79 Å². The summed E-state index contributed by atoms with van der Waals surface area (Å²) in [7, 11) is -2.69. The van der Waals surface area contributed by atoms with E-state index < -0.39 is 26.7 Å². The fourth-order valence-electron chi connectivity index (χ4n) is 2.12.